The van der Waals surface area contributed by atoms with Crippen molar-refractivity contribution < 1.29 is 0 Å². The summed E-state index contributed by atoms with van der Waals surface area (Å²) in [5.74, 6) is 0.790. The Hall–Kier alpha value is -0.340. The van der Waals surface area contributed by atoms with Crippen LogP contribution in [0.15, 0.2) is 28.7 Å². The lowest BCUT2D eigenvalue weighted by Crippen LogP contribution is -2.27. The molecule has 1 aromatic carbocycles. The normalized spacial score (nSPS) is 13.1. The van der Waals surface area contributed by atoms with Crippen LogP contribution in [0, 0.1) is 5.92 Å². The number of benzene rings is 1. The molecule has 1 rings (SSSR count). The van der Waals surface area contributed by atoms with E-state index in [1.54, 1.807) is 0 Å². The molecule has 0 fully saturated rings. The molecule has 0 saturated heterocycles. The van der Waals surface area contributed by atoms with E-state index < -0.39 is 0 Å². The maximum absolute atomic E-state index is 3.52. The Kier molecular flexibility index (Phi) is 6.07. The van der Waals surface area contributed by atoms with Gasteiger partial charge in [-0.1, -0.05) is 41.9 Å². The van der Waals surface area contributed by atoms with E-state index in [0.717, 1.165) is 12.3 Å². The molecule has 0 spiro atoms. The average molecular weight is 284 g/mol. The molecule has 90 valence electrons. The highest BCUT2D eigenvalue weighted by Crippen LogP contribution is 2.15. The van der Waals surface area contributed by atoms with Crippen LogP contribution in [0.25, 0.3) is 0 Å². The van der Waals surface area contributed by atoms with Gasteiger partial charge in [0.1, 0.15) is 0 Å². The molecule has 0 bridgehead atoms. The van der Waals surface area contributed by atoms with Gasteiger partial charge in [0.2, 0.25) is 0 Å². The second kappa shape index (κ2) is 7.08. The van der Waals surface area contributed by atoms with Gasteiger partial charge >= 0.3 is 0 Å². The number of halogens is 1. The second-order valence-electron chi connectivity index (χ2n) is 4.79. The van der Waals surface area contributed by atoms with Crippen LogP contribution >= 0.6 is 15.9 Å². The lowest BCUT2D eigenvalue weighted by Gasteiger charge is -2.17. The third-order valence-electron chi connectivity index (χ3n) is 2.87. The van der Waals surface area contributed by atoms with Crippen LogP contribution in [0.3, 0.4) is 0 Å². The molecule has 1 aromatic rings. The van der Waals surface area contributed by atoms with Gasteiger partial charge in [0.25, 0.3) is 0 Å². The van der Waals surface area contributed by atoms with Crippen molar-refractivity contribution >= 4 is 15.9 Å². The van der Waals surface area contributed by atoms with Gasteiger partial charge in [-0.15, -0.1) is 0 Å². The van der Waals surface area contributed by atoms with Gasteiger partial charge in [-0.2, -0.15) is 0 Å². The van der Waals surface area contributed by atoms with Gasteiger partial charge in [-0.3, -0.25) is 0 Å². The number of hydrogen-bond donors (Lipinski definition) is 1. The van der Waals surface area contributed by atoms with Crippen LogP contribution in [-0.2, 0) is 6.42 Å². The van der Waals surface area contributed by atoms with Crippen LogP contribution in [0.1, 0.15) is 32.3 Å². The zero-order valence-electron chi connectivity index (χ0n) is 10.5. The van der Waals surface area contributed by atoms with E-state index in [1.165, 1.54) is 22.9 Å². The maximum Gasteiger partial charge on any atom is 0.0178 e. The molecule has 0 aliphatic carbocycles. The highest BCUT2D eigenvalue weighted by molar-refractivity contribution is 9.10. The Morgan fingerprint density at radius 3 is 2.56 bits per heavy atom. The Morgan fingerprint density at radius 2 is 2.00 bits per heavy atom. The summed E-state index contributed by atoms with van der Waals surface area (Å²) in [7, 11) is 2.06. The molecule has 0 heterocycles. The summed E-state index contributed by atoms with van der Waals surface area (Å²) in [5.41, 5.74) is 1.40. The van der Waals surface area contributed by atoms with Crippen molar-refractivity contribution in [2.75, 3.05) is 7.05 Å². The smallest absolute Gasteiger partial charge is 0.0178 e. The van der Waals surface area contributed by atoms with Crippen molar-refractivity contribution in [3.63, 3.8) is 0 Å². The molecule has 0 radical (unpaired) electrons. The Morgan fingerprint density at radius 1 is 1.25 bits per heavy atom. The Balaban J connectivity index is 2.49. The summed E-state index contributed by atoms with van der Waals surface area (Å²) in [5, 5.41) is 3.41. The minimum Gasteiger partial charge on any atom is -0.317 e. The summed E-state index contributed by atoms with van der Waals surface area (Å²) in [6, 6.07) is 9.18. The maximum atomic E-state index is 3.52. The van der Waals surface area contributed by atoms with Crippen LogP contribution < -0.4 is 5.32 Å². The SMILES string of the molecule is CNC(CCC(C)C)Cc1cccc(Br)c1. The standard InChI is InChI=1S/C14H22BrN/c1-11(2)7-8-14(16-3)10-12-5-4-6-13(15)9-12/h4-6,9,11,14,16H,7-8,10H2,1-3H3. The average Bonchev–Trinajstić information content (AvgIpc) is 2.24. The molecule has 2 heteroatoms. The van der Waals surface area contributed by atoms with Crippen molar-refractivity contribution in [1.29, 1.82) is 0 Å². The molecule has 0 saturated carbocycles. The van der Waals surface area contributed by atoms with Crippen molar-refractivity contribution in [1.82, 2.24) is 5.32 Å². The molecule has 0 aromatic heterocycles. The van der Waals surface area contributed by atoms with Gasteiger partial charge in [-0.05, 0) is 49.9 Å². The van der Waals surface area contributed by atoms with Crippen LogP contribution in [0.2, 0.25) is 0 Å². The zero-order chi connectivity index (χ0) is 12.0. The van der Waals surface area contributed by atoms with E-state index in [1.807, 2.05) is 0 Å². The topological polar surface area (TPSA) is 12.0 Å². The summed E-state index contributed by atoms with van der Waals surface area (Å²) in [6.07, 6.45) is 3.66. The number of rotatable bonds is 6. The summed E-state index contributed by atoms with van der Waals surface area (Å²) >= 11 is 3.52. The summed E-state index contributed by atoms with van der Waals surface area (Å²) < 4.78 is 1.17. The van der Waals surface area contributed by atoms with Crippen molar-refractivity contribution in [2.45, 2.75) is 39.2 Å². The molecule has 1 nitrogen and oxygen atoms in total. The van der Waals surface area contributed by atoms with Crippen molar-refractivity contribution in [2.24, 2.45) is 5.92 Å². The van der Waals surface area contributed by atoms with Crippen molar-refractivity contribution in [3.05, 3.63) is 34.3 Å². The van der Waals surface area contributed by atoms with Crippen molar-refractivity contribution in [3.8, 4) is 0 Å². The molecular weight excluding hydrogens is 262 g/mol. The fourth-order valence-corrected chi connectivity index (χ4v) is 2.28. The highest BCUT2D eigenvalue weighted by Gasteiger charge is 2.08. The number of hydrogen-bond acceptors (Lipinski definition) is 1. The molecule has 1 unspecified atom stereocenters. The Bertz CT molecular complexity index is 309. The first-order valence-electron chi connectivity index (χ1n) is 6.03. The van der Waals surface area contributed by atoms with Crippen LogP contribution in [0.5, 0.6) is 0 Å². The first-order chi connectivity index (χ1) is 7.61. The van der Waals surface area contributed by atoms with E-state index in [-0.39, 0.29) is 0 Å². The fraction of sp³-hybridized carbons (Fsp3) is 0.571. The highest BCUT2D eigenvalue weighted by atomic mass is 79.9. The van der Waals surface area contributed by atoms with Gasteiger partial charge in [-0.25, -0.2) is 0 Å². The first-order valence-corrected chi connectivity index (χ1v) is 6.83. The third kappa shape index (κ3) is 5.13. The van der Waals surface area contributed by atoms with E-state index in [0.29, 0.717) is 6.04 Å². The van der Waals surface area contributed by atoms with Crippen LogP contribution in [0.4, 0.5) is 0 Å². The van der Waals surface area contributed by atoms with E-state index in [9.17, 15) is 0 Å². The number of nitrogens with one attached hydrogen (secondary N) is 1. The first kappa shape index (κ1) is 13.7. The zero-order valence-corrected chi connectivity index (χ0v) is 12.0. The largest absolute Gasteiger partial charge is 0.317 e. The minimum atomic E-state index is 0.594. The van der Waals surface area contributed by atoms with E-state index in [2.05, 4.69) is 66.4 Å². The van der Waals surface area contributed by atoms with E-state index >= 15 is 0 Å². The second-order valence-corrected chi connectivity index (χ2v) is 5.71. The van der Waals surface area contributed by atoms with Gasteiger partial charge < -0.3 is 5.32 Å². The van der Waals surface area contributed by atoms with Gasteiger partial charge in [0, 0.05) is 10.5 Å². The molecule has 0 aliphatic rings. The van der Waals surface area contributed by atoms with E-state index in [4.69, 9.17) is 0 Å². The monoisotopic (exact) mass is 283 g/mol. The third-order valence-corrected chi connectivity index (χ3v) is 3.37. The summed E-state index contributed by atoms with van der Waals surface area (Å²) in [4.78, 5) is 0. The van der Waals surface area contributed by atoms with Gasteiger partial charge in [0.15, 0.2) is 0 Å². The molecule has 16 heavy (non-hydrogen) atoms. The molecule has 1 atom stereocenters. The molecular formula is C14H22BrN. The summed E-state index contributed by atoms with van der Waals surface area (Å²) in [6.45, 7) is 4.57. The predicted molar refractivity (Wildman–Crippen MR) is 74.8 cm³/mol. The fourth-order valence-electron chi connectivity index (χ4n) is 1.83. The number of likely N-dealkylation sites (N-methyl/N-ethyl adjacent to an activating group) is 1. The van der Waals surface area contributed by atoms with Gasteiger partial charge in [0.05, 0.1) is 0 Å². The predicted octanol–water partition coefficient (Wildman–Crippen LogP) is 4.02. The minimum absolute atomic E-state index is 0.594. The Labute approximate surface area is 108 Å². The molecule has 0 aliphatic heterocycles. The quantitative estimate of drug-likeness (QED) is 0.832. The van der Waals surface area contributed by atoms with Crippen LogP contribution in [-0.4, -0.2) is 13.1 Å². The molecule has 1 N–H and O–H groups in total. The lowest BCUT2D eigenvalue weighted by molar-refractivity contribution is 0.451. The molecule has 0 amide bonds. The lowest BCUT2D eigenvalue weighted by atomic mass is 9.98.